The zero-order valence-electron chi connectivity index (χ0n) is 9.21. The molecule has 5 heteroatoms. The molecule has 0 unspecified atom stereocenters. The van der Waals surface area contributed by atoms with Gasteiger partial charge in [0.15, 0.2) is 0 Å². The van der Waals surface area contributed by atoms with Crippen LogP contribution in [-0.2, 0) is 0 Å². The molecule has 4 nitrogen and oxygen atoms in total. The smallest absolute Gasteiger partial charge is 0.407 e. The van der Waals surface area contributed by atoms with E-state index in [0.717, 1.165) is 5.56 Å². The molecule has 1 aliphatic heterocycles. The van der Waals surface area contributed by atoms with Crippen LogP contribution in [0.25, 0.3) is 0 Å². The number of hydrogen-bond acceptors (Lipinski definition) is 2. The maximum atomic E-state index is 12.8. The van der Waals surface area contributed by atoms with Gasteiger partial charge in [0.1, 0.15) is 5.82 Å². The predicted octanol–water partition coefficient (Wildman–Crippen LogP) is 1.65. The molecule has 1 aromatic rings. The molecule has 92 valence electrons. The number of aliphatic hydroxyl groups is 1. The predicted molar refractivity (Wildman–Crippen MR) is 59.4 cm³/mol. The second-order valence-corrected chi connectivity index (χ2v) is 4.24. The molecule has 1 saturated heterocycles. The Balaban J connectivity index is 2.17. The van der Waals surface area contributed by atoms with E-state index in [2.05, 4.69) is 0 Å². The van der Waals surface area contributed by atoms with Gasteiger partial charge < -0.3 is 15.1 Å². The topological polar surface area (TPSA) is 60.8 Å². The molecule has 0 saturated carbocycles. The van der Waals surface area contributed by atoms with Gasteiger partial charge in [0.05, 0.1) is 6.10 Å². The number of rotatable bonds is 1. The Hall–Kier alpha value is -1.62. The first-order chi connectivity index (χ1) is 8.08. The highest BCUT2D eigenvalue weighted by atomic mass is 19.1. The Morgan fingerprint density at radius 2 is 2.00 bits per heavy atom. The molecule has 0 spiro atoms. The number of carboxylic acid groups (broad SMARTS) is 1. The Bertz CT molecular complexity index is 407. The molecule has 2 atom stereocenters. The fourth-order valence-corrected chi connectivity index (χ4v) is 2.15. The van der Waals surface area contributed by atoms with Crippen LogP contribution in [-0.4, -0.2) is 40.4 Å². The average Bonchev–Trinajstić information content (AvgIpc) is 2.31. The van der Waals surface area contributed by atoms with Crippen molar-refractivity contribution >= 4 is 6.09 Å². The lowest BCUT2D eigenvalue weighted by Crippen LogP contribution is -2.44. The van der Waals surface area contributed by atoms with E-state index in [0.29, 0.717) is 13.0 Å². The number of hydrogen-bond donors (Lipinski definition) is 2. The molecule has 1 heterocycles. The molecule has 1 aromatic carbocycles. The summed E-state index contributed by atoms with van der Waals surface area (Å²) in [5.74, 6) is -0.616. The minimum absolute atomic E-state index is 0.252. The number of likely N-dealkylation sites (tertiary alicyclic amines) is 1. The number of carbonyl (C=O) groups is 1. The quantitative estimate of drug-likeness (QED) is 0.783. The summed E-state index contributed by atoms with van der Waals surface area (Å²) in [4.78, 5) is 12.2. The molecule has 0 bridgehead atoms. The zero-order chi connectivity index (χ0) is 12.4. The number of amides is 1. The third-order valence-electron chi connectivity index (χ3n) is 3.15. The van der Waals surface area contributed by atoms with Gasteiger partial charge in [0.2, 0.25) is 0 Å². The van der Waals surface area contributed by atoms with Crippen LogP contribution in [0.3, 0.4) is 0 Å². The molecule has 1 fully saturated rings. The van der Waals surface area contributed by atoms with Crippen molar-refractivity contribution in [3.63, 3.8) is 0 Å². The van der Waals surface area contributed by atoms with Crippen molar-refractivity contribution < 1.29 is 19.4 Å². The van der Waals surface area contributed by atoms with Gasteiger partial charge in [0, 0.05) is 19.0 Å². The van der Waals surface area contributed by atoms with Crippen molar-refractivity contribution in [2.75, 3.05) is 13.1 Å². The van der Waals surface area contributed by atoms with Crippen molar-refractivity contribution in [2.45, 2.75) is 18.4 Å². The van der Waals surface area contributed by atoms with Gasteiger partial charge in [0.25, 0.3) is 0 Å². The lowest BCUT2D eigenvalue weighted by Gasteiger charge is -2.34. The summed E-state index contributed by atoms with van der Waals surface area (Å²) >= 11 is 0. The first kappa shape index (κ1) is 11.9. The van der Waals surface area contributed by atoms with Crippen LogP contribution < -0.4 is 0 Å². The SMILES string of the molecule is O=C(O)N1CC[C@H](O)[C@H](c2ccc(F)cc2)C1. The van der Waals surface area contributed by atoms with Crippen LogP contribution >= 0.6 is 0 Å². The van der Waals surface area contributed by atoms with Gasteiger partial charge in [-0.2, -0.15) is 0 Å². The molecule has 1 aliphatic rings. The molecule has 0 aromatic heterocycles. The maximum Gasteiger partial charge on any atom is 0.407 e. The number of piperidine rings is 1. The van der Waals surface area contributed by atoms with E-state index in [9.17, 15) is 14.3 Å². The zero-order valence-corrected chi connectivity index (χ0v) is 9.21. The summed E-state index contributed by atoms with van der Waals surface area (Å²) < 4.78 is 12.8. The summed E-state index contributed by atoms with van der Waals surface area (Å²) in [5, 5.41) is 18.8. The minimum atomic E-state index is -0.982. The first-order valence-corrected chi connectivity index (χ1v) is 5.49. The number of benzene rings is 1. The van der Waals surface area contributed by atoms with Crippen molar-refractivity contribution in [1.29, 1.82) is 0 Å². The fraction of sp³-hybridized carbons (Fsp3) is 0.417. The Morgan fingerprint density at radius 3 is 2.59 bits per heavy atom. The third kappa shape index (κ3) is 2.55. The highest BCUT2D eigenvalue weighted by Gasteiger charge is 2.31. The minimum Gasteiger partial charge on any atom is -0.465 e. The molecule has 2 rings (SSSR count). The average molecular weight is 239 g/mol. The summed E-state index contributed by atoms with van der Waals surface area (Å²) in [6.45, 7) is 0.594. The van der Waals surface area contributed by atoms with Crippen LogP contribution in [0.1, 0.15) is 17.9 Å². The Kier molecular flexibility index (Phi) is 3.28. The Morgan fingerprint density at radius 1 is 1.35 bits per heavy atom. The van der Waals surface area contributed by atoms with Gasteiger partial charge in [-0.05, 0) is 24.1 Å². The standard InChI is InChI=1S/C12H14FNO3/c13-9-3-1-8(2-4-9)10-7-14(12(16)17)6-5-11(10)15/h1-4,10-11,15H,5-7H2,(H,16,17)/t10-,11-/m0/s1. The molecule has 0 aliphatic carbocycles. The molecular formula is C12H14FNO3. The summed E-state index contributed by atoms with van der Waals surface area (Å²) in [6, 6.07) is 5.83. The molecule has 17 heavy (non-hydrogen) atoms. The lowest BCUT2D eigenvalue weighted by atomic mass is 9.88. The number of halogens is 1. The highest BCUT2D eigenvalue weighted by molar-refractivity contribution is 5.65. The second kappa shape index (κ2) is 4.71. The first-order valence-electron chi connectivity index (χ1n) is 5.49. The maximum absolute atomic E-state index is 12.8. The fourth-order valence-electron chi connectivity index (χ4n) is 2.15. The molecule has 1 amide bonds. The highest BCUT2D eigenvalue weighted by Crippen LogP contribution is 2.27. The Labute approximate surface area is 98.3 Å². The molecule has 2 N–H and O–H groups in total. The van der Waals surface area contributed by atoms with E-state index in [1.165, 1.54) is 17.0 Å². The third-order valence-corrected chi connectivity index (χ3v) is 3.15. The van der Waals surface area contributed by atoms with Gasteiger partial charge >= 0.3 is 6.09 Å². The van der Waals surface area contributed by atoms with Crippen LogP contribution in [0.2, 0.25) is 0 Å². The van der Waals surface area contributed by atoms with Gasteiger partial charge in [-0.25, -0.2) is 9.18 Å². The lowest BCUT2D eigenvalue weighted by molar-refractivity contribution is 0.0586. The van der Waals surface area contributed by atoms with Crippen molar-refractivity contribution in [1.82, 2.24) is 4.90 Å². The van der Waals surface area contributed by atoms with Crippen LogP contribution in [0.4, 0.5) is 9.18 Å². The van der Waals surface area contributed by atoms with Crippen LogP contribution in [0, 0.1) is 5.82 Å². The summed E-state index contributed by atoms with van der Waals surface area (Å²) in [5.41, 5.74) is 0.768. The van der Waals surface area contributed by atoms with Gasteiger partial charge in [-0.1, -0.05) is 12.1 Å². The van der Waals surface area contributed by atoms with E-state index in [1.807, 2.05) is 0 Å². The van der Waals surface area contributed by atoms with Crippen molar-refractivity contribution in [3.8, 4) is 0 Å². The van der Waals surface area contributed by atoms with Crippen molar-refractivity contribution in [3.05, 3.63) is 35.6 Å². The van der Waals surface area contributed by atoms with E-state index in [-0.39, 0.29) is 18.3 Å². The normalized spacial score (nSPS) is 24.7. The van der Waals surface area contributed by atoms with Gasteiger partial charge in [-0.15, -0.1) is 0 Å². The van der Waals surface area contributed by atoms with Crippen LogP contribution in [0.5, 0.6) is 0 Å². The van der Waals surface area contributed by atoms with Crippen LogP contribution in [0.15, 0.2) is 24.3 Å². The van der Waals surface area contributed by atoms with Crippen molar-refractivity contribution in [2.24, 2.45) is 0 Å². The monoisotopic (exact) mass is 239 g/mol. The van der Waals surface area contributed by atoms with E-state index >= 15 is 0 Å². The van der Waals surface area contributed by atoms with E-state index in [4.69, 9.17) is 5.11 Å². The summed E-state index contributed by atoms with van der Waals surface area (Å²) in [6.07, 6.45) is -1.14. The second-order valence-electron chi connectivity index (χ2n) is 4.24. The molecular weight excluding hydrogens is 225 g/mol. The van der Waals surface area contributed by atoms with E-state index < -0.39 is 12.2 Å². The largest absolute Gasteiger partial charge is 0.465 e. The van der Waals surface area contributed by atoms with Gasteiger partial charge in [-0.3, -0.25) is 0 Å². The van der Waals surface area contributed by atoms with E-state index in [1.54, 1.807) is 12.1 Å². The number of aliphatic hydroxyl groups excluding tert-OH is 1. The number of nitrogens with zero attached hydrogens (tertiary/aromatic N) is 1. The summed E-state index contributed by atoms with van der Waals surface area (Å²) in [7, 11) is 0. The molecule has 0 radical (unpaired) electrons.